The van der Waals surface area contributed by atoms with Crippen LogP contribution in [0.2, 0.25) is 5.02 Å². The summed E-state index contributed by atoms with van der Waals surface area (Å²) >= 11 is 6.22. The van der Waals surface area contributed by atoms with Crippen molar-refractivity contribution in [1.29, 1.82) is 0 Å². The number of nitrogen functional groups attached to an aromatic ring is 1. The lowest BCUT2D eigenvalue weighted by atomic mass is 10.0. The van der Waals surface area contributed by atoms with E-state index in [1.54, 1.807) is 4.57 Å². The number of carbonyl (C=O) groups is 1. The highest BCUT2D eigenvalue weighted by Gasteiger charge is 2.31. The summed E-state index contributed by atoms with van der Waals surface area (Å²) in [4.78, 5) is 24.4. The molecule has 3 aromatic rings. The number of carboxylic acid groups (broad SMARTS) is 1. The van der Waals surface area contributed by atoms with Crippen LogP contribution >= 0.6 is 11.6 Å². The lowest BCUT2D eigenvalue weighted by Gasteiger charge is -2.30. The Labute approximate surface area is 188 Å². The maximum Gasteiger partial charge on any atom is 0.341 e. The Balaban J connectivity index is 1.77. The first-order valence-corrected chi connectivity index (χ1v) is 10.6. The minimum Gasteiger partial charge on any atom is -0.487 e. The third kappa shape index (κ3) is 3.64. The Morgan fingerprint density at radius 1 is 1.44 bits per heavy atom. The predicted octanol–water partition coefficient (Wildman–Crippen LogP) is 4.46. The molecular weight excluding hydrogens is 437 g/mol. The van der Waals surface area contributed by atoms with Gasteiger partial charge in [0.15, 0.2) is 11.6 Å². The standard InChI is InChI=1S/C23H23ClFN3O4/c1-11(7-8-13-5-3-4-6-15(13)24)27-19-17(25)18(26)16-20-22(19)32-10-12(2)28(20)9-14(21(16)29)23(30)31/h3-6,9,11-12,27H,7-8,10,26H2,1-2H3,(H,30,31)/t11?,12-/m0/s1. The zero-order chi connectivity index (χ0) is 23.2. The summed E-state index contributed by atoms with van der Waals surface area (Å²) in [5, 5.41) is 13.0. The number of aromatic nitrogens is 1. The molecule has 0 spiro atoms. The van der Waals surface area contributed by atoms with Gasteiger partial charge in [-0.1, -0.05) is 29.8 Å². The quantitative estimate of drug-likeness (QED) is 0.470. The van der Waals surface area contributed by atoms with E-state index in [9.17, 15) is 14.7 Å². The van der Waals surface area contributed by atoms with Gasteiger partial charge in [-0.15, -0.1) is 0 Å². The highest BCUT2D eigenvalue weighted by molar-refractivity contribution is 6.31. The highest BCUT2D eigenvalue weighted by Crippen LogP contribution is 2.43. The molecule has 1 unspecified atom stereocenters. The molecule has 0 fully saturated rings. The number of ether oxygens (including phenoxy) is 1. The van der Waals surface area contributed by atoms with Crippen molar-refractivity contribution in [1.82, 2.24) is 4.57 Å². The molecule has 9 heteroatoms. The number of benzene rings is 2. The van der Waals surface area contributed by atoms with Crippen molar-refractivity contribution in [2.75, 3.05) is 17.7 Å². The van der Waals surface area contributed by atoms with E-state index < -0.39 is 28.5 Å². The van der Waals surface area contributed by atoms with E-state index in [0.29, 0.717) is 23.4 Å². The largest absolute Gasteiger partial charge is 0.487 e. The van der Waals surface area contributed by atoms with Gasteiger partial charge in [0.05, 0.1) is 22.6 Å². The van der Waals surface area contributed by atoms with Crippen molar-refractivity contribution >= 4 is 39.8 Å². The van der Waals surface area contributed by atoms with Crippen LogP contribution in [-0.4, -0.2) is 28.3 Å². The number of carboxylic acids is 1. The average Bonchev–Trinajstić information content (AvgIpc) is 2.75. The van der Waals surface area contributed by atoms with Gasteiger partial charge in [-0.2, -0.15) is 0 Å². The number of hydrogen-bond acceptors (Lipinski definition) is 5. The van der Waals surface area contributed by atoms with E-state index in [1.165, 1.54) is 6.20 Å². The van der Waals surface area contributed by atoms with Gasteiger partial charge in [0.1, 0.15) is 17.9 Å². The lowest BCUT2D eigenvalue weighted by molar-refractivity contribution is 0.0694. The highest BCUT2D eigenvalue weighted by atomic mass is 35.5. The zero-order valence-corrected chi connectivity index (χ0v) is 18.4. The Hall–Kier alpha value is -3.26. The normalized spacial score (nSPS) is 15.9. The van der Waals surface area contributed by atoms with Crippen LogP contribution in [-0.2, 0) is 6.42 Å². The topological polar surface area (TPSA) is 107 Å². The summed E-state index contributed by atoms with van der Waals surface area (Å²) in [5.74, 6) is -2.07. The molecule has 0 saturated heterocycles. The van der Waals surface area contributed by atoms with Crippen LogP contribution in [0, 0.1) is 5.82 Å². The molecule has 0 amide bonds. The molecule has 0 radical (unpaired) electrons. The maximum atomic E-state index is 15.3. The molecule has 0 aliphatic carbocycles. The summed E-state index contributed by atoms with van der Waals surface area (Å²) in [6.07, 6.45) is 2.60. The number of pyridine rings is 1. The number of nitrogens with two attached hydrogens (primary N) is 1. The summed E-state index contributed by atoms with van der Waals surface area (Å²) in [7, 11) is 0. The van der Waals surface area contributed by atoms with Crippen LogP contribution < -0.4 is 21.2 Å². The number of nitrogens with zero attached hydrogens (tertiary/aromatic N) is 1. The Morgan fingerprint density at radius 3 is 2.84 bits per heavy atom. The second kappa shape index (κ2) is 8.35. The van der Waals surface area contributed by atoms with Gasteiger partial charge in [0, 0.05) is 17.3 Å². The van der Waals surface area contributed by atoms with E-state index in [4.69, 9.17) is 22.1 Å². The van der Waals surface area contributed by atoms with Crippen molar-refractivity contribution < 1.29 is 19.0 Å². The number of aryl methyl sites for hydroxylation is 1. The van der Waals surface area contributed by atoms with Crippen molar-refractivity contribution in [2.45, 2.75) is 38.8 Å². The van der Waals surface area contributed by atoms with Crippen molar-refractivity contribution in [3.8, 4) is 5.75 Å². The predicted molar refractivity (Wildman–Crippen MR) is 123 cm³/mol. The second-order valence-corrected chi connectivity index (χ2v) is 8.48. The Bertz CT molecular complexity index is 1290. The zero-order valence-electron chi connectivity index (χ0n) is 17.6. The molecule has 168 valence electrons. The van der Waals surface area contributed by atoms with Crippen LogP contribution in [0.25, 0.3) is 10.9 Å². The second-order valence-electron chi connectivity index (χ2n) is 8.08. The van der Waals surface area contributed by atoms with Crippen molar-refractivity contribution in [2.24, 2.45) is 0 Å². The molecule has 2 heterocycles. The molecular formula is C23H23ClFN3O4. The first-order valence-electron chi connectivity index (χ1n) is 10.3. The van der Waals surface area contributed by atoms with Crippen molar-refractivity contribution in [3.05, 3.63) is 62.7 Å². The summed E-state index contributed by atoms with van der Waals surface area (Å²) in [6, 6.07) is 7.10. The summed E-state index contributed by atoms with van der Waals surface area (Å²) in [6.45, 7) is 3.91. The van der Waals surface area contributed by atoms with Gasteiger partial charge in [-0.25, -0.2) is 9.18 Å². The van der Waals surface area contributed by atoms with Gasteiger partial charge in [-0.05, 0) is 38.3 Å². The molecule has 2 atom stereocenters. The van der Waals surface area contributed by atoms with Gasteiger partial charge in [-0.3, -0.25) is 4.79 Å². The van der Waals surface area contributed by atoms with E-state index in [2.05, 4.69) is 5.32 Å². The van der Waals surface area contributed by atoms with Crippen molar-refractivity contribution in [3.63, 3.8) is 0 Å². The molecule has 1 aliphatic heterocycles. The molecule has 0 bridgehead atoms. The fourth-order valence-electron chi connectivity index (χ4n) is 4.02. The van der Waals surface area contributed by atoms with Crippen LogP contribution in [0.4, 0.5) is 15.8 Å². The maximum absolute atomic E-state index is 15.3. The van der Waals surface area contributed by atoms with E-state index in [1.807, 2.05) is 38.1 Å². The number of hydrogen-bond donors (Lipinski definition) is 3. The first kappa shape index (κ1) is 22.0. The molecule has 1 aliphatic rings. The van der Waals surface area contributed by atoms with Crippen LogP contribution in [0.3, 0.4) is 0 Å². The lowest BCUT2D eigenvalue weighted by Crippen LogP contribution is -2.29. The summed E-state index contributed by atoms with van der Waals surface area (Å²) in [5.41, 5.74) is 5.66. The average molecular weight is 460 g/mol. The molecule has 32 heavy (non-hydrogen) atoms. The van der Waals surface area contributed by atoms with E-state index >= 15 is 4.39 Å². The molecule has 7 nitrogen and oxygen atoms in total. The SMILES string of the molecule is CC(CCc1ccccc1Cl)Nc1c(F)c(N)c2c(=O)c(C(=O)O)cn3c2c1OC[C@@H]3C. The van der Waals surface area contributed by atoms with E-state index in [-0.39, 0.29) is 35.5 Å². The van der Waals surface area contributed by atoms with Gasteiger partial charge in [0.25, 0.3) is 0 Å². The van der Waals surface area contributed by atoms with E-state index in [0.717, 1.165) is 5.56 Å². The van der Waals surface area contributed by atoms with Crippen LogP contribution in [0.5, 0.6) is 5.75 Å². The minimum absolute atomic E-state index is 0.0600. The molecule has 4 N–H and O–H groups in total. The Morgan fingerprint density at radius 2 is 2.16 bits per heavy atom. The molecule has 4 rings (SSSR count). The number of aromatic carboxylic acids is 1. The Kier molecular flexibility index (Phi) is 5.73. The number of halogens is 2. The van der Waals surface area contributed by atoms with Crippen LogP contribution in [0.1, 0.15) is 42.2 Å². The third-order valence-electron chi connectivity index (χ3n) is 5.77. The molecule has 1 aromatic heterocycles. The minimum atomic E-state index is -1.39. The van der Waals surface area contributed by atoms with Gasteiger partial charge in [0.2, 0.25) is 5.43 Å². The molecule has 2 aromatic carbocycles. The number of anilines is 2. The smallest absolute Gasteiger partial charge is 0.341 e. The fourth-order valence-corrected chi connectivity index (χ4v) is 4.25. The first-order chi connectivity index (χ1) is 15.2. The fraction of sp³-hybridized carbons (Fsp3) is 0.304. The number of rotatable bonds is 6. The molecule has 0 saturated carbocycles. The van der Waals surface area contributed by atoms with Gasteiger partial charge >= 0.3 is 5.97 Å². The monoisotopic (exact) mass is 459 g/mol. The van der Waals surface area contributed by atoms with Crippen LogP contribution in [0.15, 0.2) is 35.3 Å². The summed E-state index contributed by atoms with van der Waals surface area (Å²) < 4.78 is 22.8. The van der Waals surface area contributed by atoms with Gasteiger partial charge < -0.3 is 25.5 Å². The third-order valence-corrected chi connectivity index (χ3v) is 6.14. The number of nitrogens with one attached hydrogen (secondary N) is 1.